The Morgan fingerprint density at radius 3 is 1.61 bits per heavy atom. The summed E-state index contributed by atoms with van der Waals surface area (Å²) in [6.07, 6.45) is 6.27. The molecule has 0 bridgehead atoms. The molecule has 0 aromatic heterocycles. The Hall–Kier alpha value is -0.272. The summed E-state index contributed by atoms with van der Waals surface area (Å²) in [4.78, 5) is 0. The second-order valence-electron chi connectivity index (χ2n) is 4.18. The van der Waals surface area contributed by atoms with Crippen molar-refractivity contribution in [2.75, 3.05) is 0 Å². The molecular formula is C24H38O2Y2-2. The van der Waals surface area contributed by atoms with Crippen molar-refractivity contribution in [3.63, 3.8) is 0 Å². The summed E-state index contributed by atoms with van der Waals surface area (Å²) in [5.41, 5.74) is 1.79. The molecule has 0 amide bonds. The van der Waals surface area contributed by atoms with Gasteiger partial charge in [-0.15, -0.1) is 6.58 Å². The minimum Gasteiger partial charge on any atom is -0.508 e. The van der Waals surface area contributed by atoms with Gasteiger partial charge < -0.3 is 25.1 Å². The van der Waals surface area contributed by atoms with Crippen molar-refractivity contribution in [2.24, 2.45) is 0 Å². The molecule has 154 valence electrons. The summed E-state index contributed by atoms with van der Waals surface area (Å²) < 4.78 is 0. The van der Waals surface area contributed by atoms with E-state index in [9.17, 15) is 10.2 Å². The van der Waals surface area contributed by atoms with Crippen molar-refractivity contribution in [1.29, 1.82) is 0 Å². The van der Waals surface area contributed by atoms with Gasteiger partial charge in [0.2, 0.25) is 0 Å². The summed E-state index contributed by atoms with van der Waals surface area (Å²) in [6.45, 7) is 13.5. The van der Waals surface area contributed by atoms with E-state index in [-0.39, 0.29) is 80.3 Å². The van der Waals surface area contributed by atoms with Crippen LogP contribution in [0.1, 0.15) is 45.7 Å². The fraction of sp³-hybridized carbons (Fsp3) is 0.250. The molecule has 0 unspecified atom stereocenters. The van der Waals surface area contributed by atoms with Crippen LogP contribution in [0.4, 0.5) is 0 Å². The quantitative estimate of drug-likeness (QED) is 0.315. The van der Waals surface area contributed by atoms with Crippen LogP contribution in [0.15, 0.2) is 67.3 Å². The minimum atomic E-state index is 0. The van der Waals surface area contributed by atoms with Crippen LogP contribution >= 0.6 is 0 Å². The first-order valence-electron chi connectivity index (χ1n) is 8.47. The monoisotopic (exact) mass is 536 g/mol. The summed E-state index contributed by atoms with van der Waals surface area (Å²) >= 11 is 0. The molecule has 0 heterocycles. The molecule has 0 aliphatic heterocycles. The van der Waals surface area contributed by atoms with Gasteiger partial charge in [0.05, 0.1) is 0 Å². The number of hydrogen-bond acceptors (Lipinski definition) is 2. The van der Waals surface area contributed by atoms with Crippen LogP contribution in [-0.4, -0.2) is 10.2 Å². The number of phenols is 2. The number of aromatic hydroxyl groups is 2. The predicted octanol–water partition coefficient (Wildman–Crippen LogP) is 7.49. The maximum atomic E-state index is 9.19. The zero-order valence-electron chi connectivity index (χ0n) is 18.8. The zero-order valence-corrected chi connectivity index (χ0v) is 24.5. The minimum absolute atomic E-state index is 0. The van der Waals surface area contributed by atoms with Crippen molar-refractivity contribution < 1.29 is 75.6 Å². The summed E-state index contributed by atoms with van der Waals surface area (Å²) in [5.74, 6) is 0.683. The Labute approximate surface area is 225 Å². The average Bonchev–Trinajstić information content (AvgIpc) is 2.63. The summed E-state index contributed by atoms with van der Waals surface area (Å²) in [6, 6.07) is 14.5. The van der Waals surface area contributed by atoms with Gasteiger partial charge in [-0.25, -0.2) is 0 Å². The van der Waals surface area contributed by atoms with E-state index in [2.05, 4.69) is 6.58 Å². The third-order valence-corrected chi connectivity index (χ3v) is 2.64. The Morgan fingerprint density at radius 1 is 0.786 bits per heavy atom. The Balaban J connectivity index is -0.0000000653. The van der Waals surface area contributed by atoms with E-state index in [0.29, 0.717) is 11.5 Å². The molecule has 0 saturated heterocycles. The number of rotatable bonds is 3. The van der Waals surface area contributed by atoms with Crippen molar-refractivity contribution in [3.05, 3.63) is 93.2 Å². The zero-order chi connectivity index (χ0) is 18.8. The van der Waals surface area contributed by atoms with Gasteiger partial charge in [0.1, 0.15) is 11.5 Å². The first kappa shape index (κ1) is 42.0. The maximum Gasteiger partial charge on any atom is 0.122 e. The second-order valence-corrected chi connectivity index (χ2v) is 4.18. The molecule has 0 aliphatic rings. The topological polar surface area (TPSA) is 40.5 Å². The van der Waals surface area contributed by atoms with Gasteiger partial charge in [0, 0.05) is 71.0 Å². The molecule has 2 radical (unpaired) electrons. The van der Waals surface area contributed by atoms with Gasteiger partial charge in [-0.2, -0.15) is 0 Å². The van der Waals surface area contributed by atoms with Crippen LogP contribution in [-0.2, 0) is 71.8 Å². The molecule has 0 spiro atoms. The first-order valence-corrected chi connectivity index (χ1v) is 8.47. The fourth-order valence-corrected chi connectivity index (χ4v) is 1.65. The first-order chi connectivity index (χ1) is 11.7. The van der Waals surface area contributed by atoms with E-state index < -0.39 is 0 Å². The van der Waals surface area contributed by atoms with Gasteiger partial charge in [0.25, 0.3) is 0 Å². The summed E-state index contributed by atoms with van der Waals surface area (Å²) in [5, 5.41) is 18.4. The largest absolute Gasteiger partial charge is 0.508 e. The molecule has 2 nitrogen and oxygen atoms in total. The number of allylic oxidation sites excluding steroid dienone is 2. The third-order valence-electron chi connectivity index (χ3n) is 2.64. The Morgan fingerprint density at radius 2 is 1.21 bits per heavy atom. The van der Waals surface area contributed by atoms with Crippen molar-refractivity contribution in [3.8, 4) is 11.5 Å². The fourth-order valence-electron chi connectivity index (χ4n) is 1.65. The molecule has 0 saturated carbocycles. The SMILES string of the molecule is C/C=C/c1ccccc1O.C=CCc1ccccc1O.CC.CC.[CH3-].[CH3-].[Y].[Y]. The van der Waals surface area contributed by atoms with Gasteiger partial charge in [-0.1, -0.05) is 82.3 Å². The number of benzene rings is 2. The van der Waals surface area contributed by atoms with Crippen LogP contribution in [0.5, 0.6) is 11.5 Å². The molecule has 2 rings (SSSR count). The summed E-state index contributed by atoms with van der Waals surface area (Å²) in [7, 11) is 0. The number of phenolic OH excluding ortho intramolecular Hbond substituents is 2. The van der Waals surface area contributed by atoms with E-state index in [4.69, 9.17) is 0 Å². The van der Waals surface area contributed by atoms with E-state index in [0.717, 1.165) is 17.5 Å². The smallest absolute Gasteiger partial charge is 0.122 e. The molecular weight excluding hydrogens is 498 g/mol. The molecule has 2 aromatic rings. The molecule has 0 atom stereocenters. The van der Waals surface area contributed by atoms with E-state index in [1.807, 2.05) is 83.2 Å². The molecule has 4 heteroatoms. The van der Waals surface area contributed by atoms with E-state index in [1.54, 1.807) is 18.2 Å². The number of hydrogen-bond donors (Lipinski definition) is 2. The normalized spacial score (nSPS) is 7.46. The molecule has 28 heavy (non-hydrogen) atoms. The Kier molecular flexibility index (Phi) is 47.1. The standard InChI is InChI=1S/2C9H10O.2C2H6.2CH3.2Y/c2*1-2-5-8-6-3-4-7-9(8)10;2*1-2;;;;/h2-7,10H,1H3;2-4,6-7,10H,1,5H2;2*1-2H3;2*1H3;;/q;;;;2*-1;;/b5-2+;;;;;;;. The maximum absolute atomic E-state index is 9.19. The molecule has 0 fully saturated rings. The molecule has 0 aliphatic carbocycles. The van der Waals surface area contributed by atoms with E-state index in [1.165, 1.54) is 0 Å². The second kappa shape index (κ2) is 31.4. The van der Waals surface area contributed by atoms with Crippen LogP contribution in [0.3, 0.4) is 0 Å². The molecule has 2 N–H and O–H groups in total. The van der Waals surface area contributed by atoms with Gasteiger partial charge in [-0.3, -0.25) is 0 Å². The van der Waals surface area contributed by atoms with Crippen molar-refractivity contribution >= 4 is 6.08 Å². The third kappa shape index (κ3) is 20.5. The Bertz CT molecular complexity index is 582. The van der Waals surface area contributed by atoms with Crippen LogP contribution in [0.2, 0.25) is 0 Å². The predicted molar refractivity (Wildman–Crippen MR) is 120 cm³/mol. The van der Waals surface area contributed by atoms with Gasteiger partial charge in [-0.05, 0) is 31.0 Å². The van der Waals surface area contributed by atoms with Crippen LogP contribution < -0.4 is 0 Å². The van der Waals surface area contributed by atoms with Crippen molar-refractivity contribution in [2.45, 2.75) is 41.0 Å². The number of para-hydroxylation sites is 2. The van der Waals surface area contributed by atoms with Gasteiger partial charge in [0.15, 0.2) is 0 Å². The van der Waals surface area contributed by atoms with Crippen molar-refractivity contribution in [1.82, 2.24) is 0 Å². The molecule has 2 aromatic carbocycles. The van der Waals surface area contributed by atoms with E-state index >= 15 is 0 Å². The van der Waals surface area contributed by atoms with Crippen LogP contribution in [0, 0.1) is 14.9 Å². The van der Waals surface area contributed by atoms with Crippen LogP contribution in [0.25, 0.3) is 6.08 Å². The van der Waals surface area contributed by atoms with Gasteiger partial charge >= 0.3 is 0 Å². The average molecular weight is 536 g/mol.